The molecule has 3 fully saturated rings. The van der Waals surface area contributed by atoms with Gasteiger partial charge >= 0.3 is 0 Å². The highest BCUT2D eigenvalue weighted by atomic mass is 32.2. The Morgan fingerprint density at radius 3 is 2.51 bits per heavy atom. The fourth-order valence-electron chi connectivity index (χ4n) is 5.89. The average molecular weight is 487 g/mol. The van der Waals surface area contributed by atoms with Crippen molar-refractivity contribution in [2.45, 2.75) is 29.7 Å². The molecular weight excluding hydrogens is 456 g/mol. The number of fused-ring (bicyclic) bond motifs is 4. The Bertz CT molecular complexity index is 1460. The Kier molecular flexibility index (Phi) is 5.71. The van der Waals surface area contributed by atoms with Gasteiger partial charge in [-0.15, -0.1) is 0 Å². The zero-order chi connectivity index (χ0) is 24.0. The van der Waals surface area contributed by atoms with Crippen LogP contribution < -0.4 is 4.72 Å². The standard InChI is InChI=1S/C28H30N4O2S/c1-31-28(17-27(30-31)23-12-11-20-7-5-6-8-21(20)15-23)26-19-32-14-13-22(26)16-24(32)18-29-35(33,34)25-9-3-2-4-10-25/h2-12,15,17,22,24,26,29H,13-14,16,18-19H2,1H3. The van der Waals surface area contributed by atoms with E-state index in [1.807, 2.05) is 17.8 Å². The molecule has 3 saturated heterocycles. The Hall–Kier alpha value is -3.00. The van der Waals surface area contributed by atoms with Crippen LogP contribution >= 0.6 is 0 Å². The Morgan fingerprint density at radius 2 is 1.74 bits per heavy atom. The van der Waals surface area contributed by atoms with Crippen LogP contribution in [0.1, 0.15) is 24.5 Å². The fraction of sp³-hybridized carbons (Fsp3) is 0.321. The lowest BCUT2D eigenvalue weighted by Gasteiger charge is -2.49. The van der Waals surface area contributed by atoms with Gasteiger partial charge in [-0.1, -0.05) is 54.6 Å². The average Bonchev–Trinajstić information content (AvgIpc) is 3.29. The minimum atomic E-state index is -3.48. The second kappa shape index (κ2) is 8.90. The molecule has 180 valence electrons. The summed E-state index contributed by atoms with van der Waals surface area (Å²) < 4.78 is 30.3. The van der Waals surface area contributed by atoms with Gasteiger partial charge in [-0.25, -0.2) is 13.1 Å². The minimum absolute atomic E-state index is 0.233. The van der Waals surface area contributed by atoms with Gasteiger partial charge in [-0.05, 0) is 60.3 Å². The molecule has 2 bridgehead atoms. The summed E-state index contributed by atoms with van der Waals surface area (Å²) in [5.41, 5.74) is 3.42. The number of nitrogens with one attached hydrogen (secondary N) is 1. The summed E-state index contributed by atoms with van der Waals surface area (Å²) >= 11 is 0. The maximum absolute atomic E-state index is 12.7. The number of aromatic nitrogens is 2. The van der Waals surface area contributed by atoms with Gasteiger partial charge in [0, 0.05) is 43.4 Å². The molecule has 3 aliphatic rings. The van der Waals surface area contributed by atoms with Crippen LogP contribution in [0.5, 0.6) is 0 Å². The number of rotatable bonds is 6. The summed E-state index contributed by atoms with van der Waals surface area (Å²) in [7, 11) is -1.44. The molecular formula is C28H30N4O2S. The van der Waals surface area contributed by atoms with Crippen molar-refractivity contribution in [1.29, 1.82) is 0 Å². The zero-order valence-corrected chi connectivity index (χ0v) is 20.7. The van der Waals surface area contributed by atoms with E-state index >= 15 is 0 Å². The van der Waals surface area contributed by atoms with Crippen LogP contribution in [0.15, 0.2) is 83.8 Å². The third kappa shape index (κ3) is 4.29. The van der Waals surface area contributed by atoms with Crippen LogP contribution in [0.4, 0.5) is 0 Å². The van der Waals surface area contributed by atoms with E-state index in [4.69, 9.17) is 5.10 Å². The molecule has 4 atom stereocenters. The van der Waals surface area contributed by atoms with Gasteiger partial charge in [-0.3, -0.25) is 9.58 Å². The molecule has 1 aromatic heterocycles. The molecule has 4 unspecified atom stereocenters. The summed E-state index contributed by atoms with van der Waals surface area (Å²) in [6, 6.07) is 26.0. The molecule has 0 radical (unpaired) electrons. The molecule has 0 saturated carbocycles. The predicted molar refractivity (Wildman–Crippen MR) is 139 cm³/mol. The molecule has 4 heterocycles. The number of nitrogens with zero attached hydrogens (tertiary/aromatic N) is 3. The van der Waals surface area contributed by atoms with Gasteiger partial charge in [0.25, 0.3) is 0 Å². The number of sulfonamides is 1. The SMILES string of the molecule is Cn1nc(-c2ccc3ccccc3c2)cc1C1CN2CCC1CC2CNS(=O)(=O)c1ccccc1. The van der Waals surface area contributed by atoms with Crippen LogP contribution in [-0.4, -0.2) is 48.8 Å². The fourth-order valence-corrected chi connectivity index (χ4v) is 6.99. The third-order valence-electron chi connectivity index (χ3n) is 7.78. The maximum atomic E-state index is 12.7. The van der Waals surface area contributed by atoms with Crippen molar-refractivity contribution in [1.82, 2.24) is 19.4 Å². The first-order valence-corrected chi connectivity index (χ1v) is 13.8. The monoisotopic (exact) mass is 486 g/mol. The lowest BCUT2D eigenvalue weighted by Crippen LogP contribution is -2.56. The van der Waals surface area contributed by atoms with Gasteiger partial charge in [0.1, 0.15) is 0 Å². The molecule has 7 heteroatoms. The summed E-state index contributed by atoms with van der Waals surface area (Å²) in [6.45, 7) is 2.42. The van der Waals surface area contributed by atoms with Crippen LogP contribution in [0.25, 0.3) is 22.0 Å². The van der Waals surface area contributed by atoms with E-state index in [1.54, 1.807) is 24.3 Å². The van der Waals surface area contributed by atoms with Crippen molar-refractivity contribution >= 4 is 20.8 Å². The van der Waals surface area contributed by atoms with E-state index in [1.165, 1.54) is 16.5 Å². The lowest BCUT2D eigenvalue weighted by molar-refractivity contribution is 0.0306. The Balaban J connectivity index is 1.18. The normalized spacial score (nSPS) is 24.1. The van der Waals surface area contributed by atoms with E-state index in [0.717, 1.165) is 37.2 Å². The molecule has 3 aromatic carbocycles. The molecule has 1 N–H and O–H groups in total. The maximum Gasteiger partial charge on any atom is 0.240 e. The quantitative estimate of drug-likeness (QED) is 0.439. The number of piperidine rings is 3. The first-order chi connectivity index (χ1) is 17.0. The predicted octanol–water partition coefficient (Wildman–Crippen LogP) is 4.40. The molecule has 0 aliphatic carbocycles. The van der Waals surface area contributed by atoms with Crippen molar-refractivity contribution in [3.05, 3.63) is 84.6 Å². The van der Waals surface area contributed by atoms with Gasteiger partial charge in [-0.2, -0.15) is 5.10 Å². The van der Waals surface area contributed by atoms with E-state index in [9.17, 15) is 8.42 Å². The van der Waals surface area contributed by atoms with Crippen LogP contribution in [0.3, 0.4) is 0 Å². The molecule has 0 amide bonds. The zero-order valence-electron chi connectivity index (χ0n) is 19.8. The molecule has 0 spiro atoms. The van der Waals surface area contributed by atoms with Crippen LogP contribution in [0.2, 0.25) is 0 Å². The van der Waals surface area contributed by atoms with Crippen molar-refractivity contribution < 1.29 is 8.42 Å². The first kappa shape index (κ1) is 22.5. The topological polar surface area (TPSA) is 67.2 Å². The lowest BCUT2D eigenvalue weighted by atomic mass is 9.74. The van der Waals surface area contributed by atoms with Crippen LogP contribution in [-0.2, 0) is 17.1 Å². The summed E-state index contributed by atoms with van der Waals surface area (Å²) in [5, 5.41) is 7.33. The second-order valence-corrected chi connectivity index (χ2v) is 11.6. The smallest absolute Gasteiger partial charge is 0.240 e. The van der Waals surface area contributed by atoms with Crippen molar-refractivity contribution in [2.24, 2.45) is 13.0 Å². The highest BCUT2D eigenvalue weighted by Crippen LogP contribution is 2.42. The van der Waals surface area contributed by atoms with E-state index in [-0.39, 0.29) is 6.04 Å². The molecule has 35 heavy (non-hydrogen) atoms. The number of benzene rings is 3. The largest absolute Gasteiger partial charge is 0.298 e. The molecule has 4 aromatic rings. The van der Waals surface area contributed by atoms with Gasteiger partial charge in [0.15, 0.2) is 0 Å². The van der Waals surface area contributed by atoms with E-state index in [2.05, 4.69) is 58.2 Å². The van der Waals surface area contributed by atoms with E-state index in [0.29, 0.717) is 23.3 Å². The number of hydrogen-bond donors (Lipinski definition) is 1. The highest BCUT2D eigenvalue weighted by molar-refractivity contribution is 7.89. The molecule has 7 rings (SSSR count). The molecule has 3 aliphatic heterocycles. The summed E-state index contributed by atoms with van der Waals surface area (Å²) in [5.74, 6) is 0.948. The van der Waals surface area contributed by atoms with Crippen LogP contribution in [0, 0.1) is 5.92 Å². The Labute approximate surface area is 206 Å². The summed E-state index contributed by atoms with van der Waals surface area (Å²) in [6.07, 6.45) is 2.14. The summed E-state index contributed by atoms with van der Waals surface area (Å²) in [4.78, 5) is 2.78. The van der Waals surface area contributed by atoms with Gasteiger partial charge in [0.2, 0.25) is 10.0 Å². The minimum Gasteiger partial charge on any atom is -0.298 e. The highest BCUT2D eigenvalue weighted by Gasteiger charge is 2.42. The number of hydrogen-bond acceptors (Lipinski definition) is 4. The van der Waals surface area contributed by atoms with Crippen molar-refractivity contribution in [3.8, 4) is 11.3 Å². The number of aryl methyl sites for hydroxylation is 1. The second-order valence-electron chi connectivity index (χ2n) is 9.84. The van der Waals surface area contributed by atoms with Gasteiger partial charge < -0.3 is 0 Å². The first-order valence-electron chi connectivity index (χ1n) is 12.3. The van der Waals surface area contributed by atoms with E-state index < -0.39 is 10.0 Å². The third-order valence-corrected chi connectivity index (χ3v) is 9.22. The van der Waals surface area contributed by atoms with Crippen molar-refractivity contribution in [3.63, 3.8) is 0 Å². The van der Waals surface area contributed by atoms with Crippen molar-refractivity contribution in [2.75, 3.05) is 19.6 Å². The Morgan fingerprint density at radius 1 is 0.971 bits per heavy atom. The van der Waals surface area contributed by atoms with Gasteiger partial charge in [0.05, 0.1) is 10.6 Å². The molecule has 6 nitrogen and oxygen atoms in total.